The highest BCUT2D eigenvalue weighted by Crippen LogP contribution is 2.29. The van der Waals surface area contributed by atoms with Crippen molar-refractivity contribution in [2.24, 2.45) is 5.92 Å². The number of hydrogen-bond acceptors (Lipinski definition) is 6. The third-order valence-electron chi connectivity index (χ3n) is 5.02. The number of para-hydroxylation sites is 2. The van der Waals surface area contributed by atoms with Gasteiger partial charge in [-0.2, -0.15) is 0 Å². The quantitative estimate of drug-likeness (QED) is 0.623. The van der Waals surface area contributed by atoms with Gasteiger partial charge in [0, 0.05) is 25.4 Å². The summed E-state index contributed by atoms with van der Waals surface area (Å²) in [7, 11) is 0. The number of aromatic hydroxyl groups is 1. The van der Waals surface area contributed by atoms with Gasteiger partial charge in [0.25, 0.3) is 0 Å². The molecule has 8 heteroatoms. The Kier molecular flexibility index (Phi) is 5.71. The molecular weight excluding hydrogens is 391 g/mol. The van der Waals surface area contributed by atoms with Gasteiger partial charge in [-0.3, -0.25) is 4.79 Å². The molecule has 150 valence electrons. The number of piperidine rings is 1. The summed E-state index contributed by atoms with van der Waals surface area (Å²) in [6, 6.07) is 13.1. The van der Waals surface area contributed by atoms with Crippen molar-refractivity contribution >= 4 is 28.1 Å². The van der Waals surface area contributed by atoms with Crippen LogP contribution in [-0.4, -0.2) is 34.3 Å². The Balaban J connectivity index is 1.31. The molecule has 6 nitrogen and oxygen atoms in total. The standard InChI is InChI=1S/C21H21FN4O2S/c22-16-7-5-14(6-8-16)13-19-24-25-21(29-19)26-11-9-15(10-12-26)20(28)23-17-3-1-2-4-18(17)27/h1-8,15,27H,9-13H2,(H,23,28). The van der Waals surface area contributed by atoms with E-state index in [0.29, 0.717) is 24.9 Å². The Morgan fingerprint density at radius 3 is 2.59 bits per heavy atom. The molecule has 29 heavy (non-hydrogen) atoms. The van der Waals surface area contributed by atoms with Crippen molar-refractivity contribution < 1.29 is 14.3 Å². The number of rotatable bonds is 5. The Bertz CT molecular complexity index is 984. The predicted octanol–water partition coefficient (Wildman–Crippen LogP) is 3.83. The molecular formula is C21H21FN4O2S. The van der Waals surface area contributed by atoms with Crippen LogP contribution in [0.2, 0.25) is 0 Å². The van der Waals surface area contributed by atoms with Crippen molar-refractivity contribution in [3.05, 3.63) is 64.9 Å². The summed E-state index contributed by atoms with van der Waals surface area (Å²) in [5.41, 5.74) is 1.43. The summed E-state index contributed by atoms with van der Waals surface area (Å²) in [5, 5.41) is 22.9. The predicted molar refractivity (Wildman–Crippen MR) is 111 cm³/mol. The minimum absolute atomic E-state index is 0.0691. The fourth-order valence-corrected chi connectivity index (χ4v) is 4.29. The number of amides is 1. The third-order valence-corrected chi connectivity index (χ3v) is 6.01. The highest BCUT2D eigenvalue weighted by atomic mass is 32.1. The van der Waals surface area contributed by atoms with Gasteiger partial charge >= 0.3 is 0 Å². The van der Waals surface area contributed by atoms with E-state index < -0.39 is 0 Å². The van der Waals surface area contributed by atoms with Gasteiger partial charge in [0.2, 0.25) is 11.0 Å². The molecule has 2 N–H and O–H groups in total. The second-order valence-corrected chi connectivity index (χ2v) is 8.09. The molecule has 0 aliphatic carbocycles. The number of nitrogens with one attached hydrogen (secondary N) is 1. The second kappa shape index (κ2) is 8.57. The smallest absolute Gasteiger partial charge is 0.227 e. The number of hydrogen-bond donors (Lipinski definition) is 2. The third kappa shape index (κ3) is 4.71. The molecule has 0 atom stereocenters. The lowest BCUT2D eigenvalue weighted by molar-refractivity contribution is -0.120. The topological polar surface area (TPSA) is 78.4 Å². The van der Waals surface area contributed by atoms with Crippen LogP contribution in [0.25, 0.3) is 0 Å². The van der Waals surface area contributed by atoms with E-state index in [1.807, 2.05) is 0 Å². The number of benzene rings is 2. The molecule has 0 spiro atoms. The van der Waals surface area contributed by atoms with Gasteiger partial charge in [0.1, 0.15) is 16.6 Å². The molecule has 1 amide bonds. The molecule has 1 saturated heterocycles. The van der Waals surface area contributed by atoms with Gasteiger partial charge in [-0.15, -0.1) is 10.2 Å². The van der Waals surface area contributed by atoms with Crippen molar-refractivity contribution in [2.45, 2.75) is 19.3 Å². The van der Waals surface area contributed by atoms with Gasteiger partial charge in [0.15, 0.2) is 0 Å². The fourth-order valence-electron chi connectivity index (χ4n) is 3.37. The average Bonchev–Trinajstić information content (AvgIpc) is 3.20. The van der Waals surface area contributed by atoms with Gasteiger partial charge in [-0.25, -0.2) is 4.39 Å². The van der Waals surface area contributed by atoms with Crippen LogP contribution in [0.15, 0.2) is 48.5 Å². The van der Waals surface area contributed by atoms with E-state index in [9.17, 15) is 14.3 Å². The summed E-state index contributed by atoms with van der Waals surface area (Å²) in [6.07, 6.45) is 2.05. The van der Waals surface area contributed by atoms with E-state index in [0.717, 1.165) is 28.8 Å². The maximum Gasteiger partial charge on any atom is 0.227 e. The Hall–Kier alpha value is -3.00. The molecule has 0 saturated carbocycles. The minimum Gasteiger partial charge on any atom is -0.506 e. The zero-order valence-corrected chi connectivity index (χ0v) is 16.5. The first-order chi connectivity index (χ1) is 14.1. The molecule has 0 radical (unpaired) electrons. The van der Waals surface area contributed by atoms with Crippen molar-refractivity contribution in [3.8, 4) is 5.75 Å². The highest BCUT2D eigenvalue weighted by Gasteiger charge is 2.27. The van der Waals surface area contributed by atoms with Crippen LogP contribution in [-0.2, 0) is 11.2 Å². The van der Waals surface area contributed by atoms with Gasteiger partial charge in [-0.05, 0) is 42.7 Å². The first-order valence-electron chi connectivity index (χ1n) is 9.49. The lowest BCUT2D eigenvalue weighted by Crippen LogP contribution is -2.38. The molecule has 2 heterocycles. The molecule has 1 fully saturated rings. The first-order valence-corrected chi connectivity index (χ1v) is 10.3. The molecule has 0 bridgehead atoms. The molecule has 1 aromatic heterocycles. The second-order valence-electron chi connectivity index (χ2n) is 7.05. The van der Waals surface area contributed by atoms with Crippen molar-refractivity contribution in [2.75, 3.05) is 23.3 Å². The number of phenolic OH excluding ortho intramolecular Hbond substituents is 1. The SMILES string of the molecule is O=C(Nc1ccccc1O)C1CCN(c2nnc(Cc3ccc(F)cc3)s2)CC1. The van der Waals surface area contributed by atoms with E-state index in [2.05, 4.69) is 20.4 Å². The lowest BCUT2D eigenvalue weighted by atomic mass is 9.96. The van der Waals surface area contributed by atoms with Crippen LogP contribution < -0.4 is 10.2 Å². The van der Waals surface area contributed by atoms with E-state index in [-0.39, 0.29) is 23.4 Å². The summed E-state index contributed by atoms with van der Waals surface area (Å²) in [6.45, 7) is 1.45. The van der Waals surface area contributed by atoms with Crippen molar-refractivity contribution in [1.82, 2.24) is 10.2 Å². The number of carbonyl (C=O) groups is 1. The maximum atomic E-state index is 13.0. The van der Waals surface area contributed by atoms with Crippen molar-refractivity contribution in [1.29, 1.82) is 0 Å². The van der Waals surface area contributed by atoms with Gasteiger partial charge < -0.3 is 15.3 Å². The van der Waals surface area contributed by atoms with Crippen LogP contribution in [0.1, 0.15) is 23.4 Å². The van der Waals surface area contributed by atoms with Crippen molar-refractivity contribution in [3.63, 3.8) is 0 Å². The number of anilines is 2. The monoisotopic (exact) mass is 412 g/mol. The number of aromatic nitrogens is 2. The van der Waals surface area contributed by atoms with Gasteiger partial charge in [0.05, 0.1) is 5.69 Å². The molecule has 1 aliphatic heterocycles. The average molecular weight is 412 g/mol. The van der Waals surface area contributed by atoms with E-state index in [1.54, 1.807) is 36.4 Å². The van der Waals surface area contributed by atoms with Crippen LogP contribution in [0.3, 0.4) is 0 Å². The summed E-state index contributed by atoms with van der Waals surface area (Å²) in [4.78, 5) is 14.6. The van der Waals surface area contributed by atoms with Crippen LogP contribution in [0.5, 0.6) is 5.75 Å². The molecule has 0 unspecified atom stereocenters. The number of halogens is 1. The van der Waals surface area contributed by atoms with E-state index >= 15 is 0 Å². The number of carbonyl (C=O) groups excluding carboxylic acids is 1. The largest absolute Gasteiger partial charge is 0.506 e. The van der Waals surface area contributed by atoms with E-state index in [1.165, 1.54) is 23.5 Å². The lowest BCUT2D eigenvalue weighted by Gasteiger charge is -2.30. The Morgan fingerprint density at radius 2 is 1.86 bits per heavy atom. The van der Waals surface area contributed by atoms with Crippen LogP contribution in [0, 0.1) is 11.7 Å². The highest BCUT2D eigenvalue weighted by molar-refractivity contribution is 7.15. The molecule has 2 aromatic carbocycles. The molecule has 4 rings (SSSR count). The number of phenols is 1. The zero-order valence-electron chi connectivity index (χ0n) is 15.7. The molecule has 3 aromatic rings. The minimum atomic E-state index is -0.249. The summed E-state index contributed by atoms with van der Waals surface area (Å²) < 4.78 is 13.0. The molecule has 1 aliphatic rings. The van der Waals surface area contributed by atoms with Crippen LogP contribution >= 0.6 is 11.3 Å². The Morgan fingerprint density at radius 1 is 1.14 bits per heavy atom. The van der Waals surface area contributed by atoms with E-state index in [4.69, 9.17) is 0 Å². The normalized spacial score (nSPS) is 14.7. The fraction of sp³-hybridized carbons (Fsp3) is 0.286. The first kappa shape index (κ1) is 19.3. The Labute approximate surface area is 172 Å². The van der Waals surface area contributed by atoms with Gasteiger partial charge in [-0.1, -0.05) is 35.6 Å². The van der Waals surface area contributed by atoms with Crippen LogP contribution in [0.4, 0.5) is 15.2 Å². The maximum absolute atomic E-state index is 13.0. The summed E-state index contributed by atoms with van der Waals surface area (Å²) >= 11 is 1.53. The number of nitrogens with zero attached hydrogens (tertiary/aromatic N) is 3. The summed E-state index contributed by atoms with van der Waals surface area (Å²) in [5.74, 6) is -0.347. The zero-order chi connectivity index (χ0) is 20.2.